The molecule has 9 heteroatoms. The zero-order valence-corrected chi connectivity index (χ0v) is 18.9. The van der Waals surface area contributed by atoms with Crippen molar-refractivity contribution < 1.29 is 28.7 Å². The second-order valence-electron chi connectivity index (χ2n) is 7.04. The van der Waals surface area contributed by atoms with E-state index in [1.807, 2.05) is 6.07 Å². The lowest BCUT2D eigenvalue weighted by Gasteiger charge is -2.19. The molecule has 1 saturated heterocycles. The average Bonchev–Trinajstić information content (AvgIpc) is 3.19. The summed E-state index contributed by atoms with van der Waals surface area (Å²) < 4.78 is 10.0. The molecule has 0 aromatic heterocycles. The molecule has 0 aliphatic carbocycles. The van der Waals surface area contributed by atoms with Crippen molar-refractivity contribution in [3.05, 3.63) is 82.9 Å². The van der Waals surface area contributed by atoms with Crippen LogP contribution in [0.2, 0.25) is 0 Å². The number of carbonyl (C=O) groups excluding carboxylic acids is 4. The molecule has 0 saturated carbocycles. The minimum absolute atomic E-state index is 0.0450. The lowest BCUT2D eigenvalue weighted by atomic mass is 10.1. The van der Waals surface area contributed by atoms with Gasteiger partial charge in [0.1, 0.15) is 0 Å². The summed E-state index contributed by atoms with van der Waals surface area (Å²) in [5.74, 6) is -1.41. The molecule has 1 N–H and O–H groups in total. The monoisotopic (exact) mass is 468 g/mol. The fourth-order valence-corrected chi connectivity index (χ4v) is 4.09. The van der Waals surface area contributed by atoms with E-state index in [4.69, 9.17) is 4.74 Å². The van der Waals surface area contributed by atoms with Gasteiger partial charge in [-0.3, -0.25) is 9.59 Å². The highest BCUT2D eigenvalue weighted by atomic mass is 32.2. The summed E-state index contributed by atoms with van der Waals surface area (Å²) in [6.45, 7) is 0.331. The maximum absolute atomic E-state index is 12.8. The molecule has 1 unspecified atom stereocenters. The molecular formula is C24H24N2O6S. The normalized spacial score (nSPS) is 15.2. The lowest BCUT2D eigenvalue weighted by Crippen LogP contribution is -2.35. The van der Waals surface area contributed by atoms with Gasteiger partial charge in [0.2, 0.25) is 5.91 Å². The number of carbonyl (C=O) groups is 4. The molecule has 2 aromatic carbocycles. The van der Waals surface area contributed by atoms with Crippen LogP contribution in [0.3, 0.4) is 0 Å². The molecular weight excluding hydrogens is 444 g/mol. The molecule has 0 radical (unpaired) electrons. The van der Waals surface area contributed by atoms with Gasteiger partial charge in [0.15, 0.2) is 6.04 Å². The summed E-state index contributed by atoms with van der Waals surface area (Å²) in [6, 6.07) is 16.5. The Balaban J connectivity index is 1.59. The first kappa shape index (κ1) is 24.1. The Bertz CT molecular complexity index is 1030. The second-order valence-corrected chi connectivity index (χ2v) is 8.04. The van der Waals surface area contributed by atoms with E-state index < -0.39 is 23.9 Å². The van der Waals surface area contributed by atoms with Crippen LogP contribution in [0.5, 0.6) is 0 Å². The third-order valence-electron chi connectivity index (χ3n) is 4.80. The van der Waals surface area contributed by atoms with Gasteiger partial charge in [-0.25, -0.2) is 9.59 Å². The number of benzene rings is 2. The largest absolute Gasteiger partial charge is 0.466 e. The van der Waals surface area contributed by atoms with Gasteiger partial charge >= 0.3 is 11.9 Å². The average molecular weight is 469 g/mol. The van der Waals surface area contributed by atoms with Crippen molar-refractivity contribution >= 4 is 35.5 Å². The number of ether oxygens (including phenoxy) is 2. The summed E-state index contributed by atoms with van der Waals surface area (Å²) >= 11 is 1.25. The lowest BCUT2D eigenvalue weighted by molar-refractivity contribution is -0.146. The topological polar surface area (TPSA) is 102 Å². The van der Waals surface area contributed by atoms with Gasteiger partial charge in [-0.1, -0.05) is 60.3 Å². The van der Waals surface area contributed by atoms with Crippen molar-refractivity contribution in [1.82, 2.24) is 10.2 Å². The van der Waals surface area contributed by atoms with E-state index in [1.54, 1.807) is 54.6 Å². The second kappa shape index (κ2) is 11.9. The number of thioether (sulfide) groups is 1. The van der Waals surface area contributed by atoms with Crippen molar-refractivity contribution in [2.45, 2.75) is 12.5 Å². The molecule has 8 nitrogen and oxygen atoms in total. The van der Waals surface area contributed by atoms with E-state index in [1.165, 1.54) is 29.8 Å². The molecule has 2 amide bonds. The van der Waals surface area contributed by atoms with Gasteiger partial charge in [-0.15, -0.1) is 0 Å². The predicted octanol–water partition coefficient (Wildman–Crippen LogP) is 2.68. The summed E-state index contributed by atoms with van der Waals surface area (Å²) in [7, 11) is 1.27. The van der Waals surface area contributed by atoms with Gasteiger partial charge in [0.05, 0.1) is 30.6 Å². The summed E-state index contributed by atoms with van der Waals surface area (Å²) in [5.41, 5.74) is 1.03. The minimum Gasteiger partial charge on any atom is -0.466 e. The number of rotatable bonds is 9. The Morgan fingerprint density at radius 1 is 1.09 bits per heavy atom. The molecule has 2 aromatic rings. The number of amides is 2. The summed E-state index contributed by atoms with van der Waals surface area (Å²) in [5, 5.41) is 3.24. The highest BCUT2D eigenvalue weighted by Gasteiger charge is 2.28. The third kappa shape index (κ3) is 6.69. The Hall–Kier alpha value is -3.59. The predicted molar refractivity (Wildman–Crippen MR) is 123 cm³/mol. The van der Waals surface area contributed by atoms with E-state index in [-0.39, 0.29) is 24.8 Å². The Morgan fingerprint density at radius 2 is 1.76 bits per heavy atom. The molecule has 1 heterocycles. The molecule has 1 atom stereocenters. The molecule has 1 aliphatic heterocycles. The number of nitrogens with zero attached hydrogens (tertiary/aromatic N) is 1. The molecule has 0 bridgehead atoms. The SMILES string of the molecule is COC(=O)/C=C1/SCC(=O)N1CCCOC(=O)C(NC(=O)c1ccccc1)c1ccccc1. The van der Waals surface area contributed by atoms with Crippen molar-refractivity contribution in [2.24, 2.45) is 0 Å². The van der Waals surface area contributed by atoms with Crippen molar-refractivity contribution in [3.8, 4) is 0 Å². The highest BCUT2D eigenvalue weighted by Crippen LogP contribution is 2.28. The zero-order chi connectivity index (χ0) is 23.6. The first-order chi connectivity index (χ1) is 16.0. The van der Waals surface area contributed by atoms with Crippen LogP contribution in [0.25, 0.3) is 0 Å². The Kier molecular flexibility index (Phi) is 8.65. The summed E-state index contributed by atoms with van der Waals surface area (Å²) in [4.78, 5) is 50.5. The Morgan fingerprint density at radius 3 is 2.42 bits per heavy atom. The smallest absolute Gasteiger partial charge is 0.333 e. The van der Waals surface area contributed by atoms with Crippen LogP contribution < -0.4 is 5.32 Å². The van der Waals surface area contributed by atoms with Gasteiger partial charge < -0.3 is 19.7 Å². The summed E-state index contributed by atoms with van der Waals surface area (Å²) in [6.07, 6.45) is 1.64. The van der Waals surface area contributed by atoms with E-state index >= 15 is 0 Å². The van der Waals surface area contributed by atoms with E-state index in [0.29, 0.717) is 22.6 Å². The molecule has 3 rings (SSSR count). The van der Waals surface area contributed by atoms with Gasteiger partial charge in [-0.2, -0.15) is 0 Å². The van der Waals surface area contributed by atoms with Crippen molar-refractivity contribution in [2.75, 3.05) is 26.0 Å². The van der Waals surface area contributed by atoms with Crippen LogP contribution in [-0.4, -0.2) is 54.7 Å². The van der Waals surface area contributed by atoms with E-state index in [9.17, 15) is 19.2 Å². The van der Waals surface area contributed by atoms with E-state index in [2.05, 4.69) is 10.1 Å². The number of nitrogens with one attached hydrogen (secondary N) is 1. The first-order valence-corrected chi connectivity index (χ1v) is 11.3. The van der Waals surface area contributed by atoms with Gasteiger partial charge in [-0.05, 0) is 24.1 Å². The molecule has 172 valence electrons. The fraction of sp³-hybridized carbons (Fsp3) is 0.250. The third-order valence-corrected chi connectivity index (χ3v) is 5.83. The van der Waals surface area contributed by atoms with Crippen LogP contribution in [0, 0.1) is 0 Å². The first-order valence-electron chi connectivity index (χ1n) is 10.3. The van der Waals surface area contributed by atoms with Crippen LogP contribution in [0.15, 0.2) is 71.8 Å². The van der Waals surface area contributed by atoms with E-state index in [0.717, 1.165) is 0 Å². The maximum atomic E-state index is 12.8. The molecule has 33 heavy (non-hydrogen) atoms. The quantitative estimate of drug-likeness (QED) is 0.343. The Labute approximate surface area is 195 Å². The number of esters is 2. The maximum Gasteiger partial charge on any atom is 0.333 e. The van der Waals surface area contributed by atoms with Crippen LogP contribution >= 0.6 is 11.8 Å². The molecule has 1 fully saturated rings. The van der Waals surface area contributed by atoms with Gasteiger partial charge in [0, 0.05) is 12.1 Å². The van der Waals surface area contributed by atoms with Crippen molar-refractivity contribution in [3.63, 3.8) is 0 Å². The van der Waals surface area contributed by atoms with Crippen molar-refractivity contribution in [1.29, 1.82) is 0 Å². The number of hydrogen-bond acceptors (Lipinski definition) is 7. The standard InChI is InChI=1S/C24H24N2O6S/c1-31-21(28)15-20-26(19(27)16-33-20)13-8-14-32-24(30)22(17-9-4-2-5-10-17)25-23(29)18-11-6-3-7-12-18/h2-7,9-12,15,22H,8,13-14,16H2,1H3,(H,25,29)/b20-15+. The fourth-order valence-electron chi connectivity index (χ4n) is 3.14. The van der Waals surface area contributed by atoms with Gasteiger partial charge in [0.25, 0.3) is 5.91 Å². The van der Waals surface area contributed by atoms with Crippen LogP contribution in [0.4, 0.5) is 0 Å². The minimum atomic E-state index is -0.974. The highest BCUT2D eigenvalue weighted by molar-refractivity contribution is 8.04. The van der Waals surface area contributed by atoms with Crippen LogP contribution in [-0.2, 0) is 23.9 Å². The van der Waals surface area contributed by atoms with Crippen LogP contribution in [0.1, 0.15) is 28.4 Å². The number of hydrogen-bond donors (Lipinski definition) is 1. The molecule has 0 spiro atoms. The molecule has 1 aliphatic rings. The zero-order valence-electron chi connectivity index (χ0n) is 18.1. The number of methoxy groups -OCH3 is 1.